The van der Waals surface area contributed by atoms with E-state index in [1.165, 1.54) is 0 Å². The van der Waals surface area contributed by atoms with Crippen molar-refractivity contribution in [3.8, 4) is 11.4 Å². The first kappa shape index (κ1) is 15.4. The van der Waals surface area contributed by atoms with Crippen LogP contribution in [0.5, 0.6) is 0 Å². The summed E-state index contributed by atoms with van der Waals surface area (Å²) in [5.74, 6) is 1.62. The van der Waals surface area contributed by atoms with E-state index in [4.69, 9.17) is 0 Å². The van der Waals surface area contributed by atoms with Crippen LogP contribution in [0.2, 0.25) is 0 Å². The lowest BCUT2D eigenvalue weighted by Gasteiger charge is -2.12. The quantitative estimate of drug-likeness (QED) is 0.777. The lowest BCUT2D eigenvalue weighted by Crippen LogP contribution is -2.06. The summed E-state index contributed by atoms with van der Waals surface area (Å²) < 4.78 is 2.00. The monoisotopic (exact) mass is 397 g/mol. The molecule has 0 fully saturated rings. The molecule has 0 radical (unpaired) electrons. The Morgan fingerprint density at radius 2 is 1.90 bits per heavy atom. The van der Waals surface area contributed by atoms with Crippen LogP contribution in [0, 0.1) is 13.8 Å². The largest absolute Gasteiger partial charge is 0.369 e. The molecule has 0 spiro atoms. The molecule has 1 heterocycles. The number of nitrogens with zero attached hydrogens (tertiary/aromatic N) is 2. The van der Waals surface area contributed by atoms with Crippen molar-refractivity contribution in [2.24, 2.45) is 0 Å². The maximum absolute atomic E-state index is 4.65. The molecule has 20 heavy (non-hydrogen) atoms. The maximum Gasteiger partial charge on any atom is 0.162 e. The molecule has 2 rings (SSSR count). The zero-order valence-electron chi connectivity index (χ0n) is 11.8. The van der Waals surface area contributed by atoms with E-state index in [1.807, 2.05) is 19.1 Å². The molecule has 3 nitrogen and oxygen atoms in total. The first-order valence-corrected chi connectivity index (χ1v) is 8.16. The minimum atomic E-state index is 0.759. The average Bonchev–Trinajstić information content (AvgIpc) is 2.40. The van der Waals surface area contributed by atoms with Crippen LogP contribution in [0.25, 0.3) is 11.4 Å². The Labute approximate surface area is 136 Å². The lowest BCUT2D eigenvalue weighted by atomic mass is 10.1. The SMILES string of the molecule is CCCNc1nc(-c2ccc(Br)cc2C)nc(C)c1Br. The molecule has 0 bridgehead atoms. The van der Waals surface area contributed by atoms with Gasteiger partial charge in [-0.05, 0) is 60.0 Å². The van der Waals surface area contributed by atoms with E-state index in [9.17, 15) is 0 Å². The van der Waals surface area contributed by atoms with Gasteiger partial charge in [-0.3, -0.25) is 0 Å². The highest BCUT2D eigenvalue weighted by molar-refractivity contribution is 9.11. The number of halogens is 2. The molecule has 2 aromatic rings. The van der Waals surface area contributed by atoms with Crippen LogP contribution in [-0.2, 0) is 0 Å². The van der Waals surface area contributed by atoms with Crippen LogP contribution in [-0.4, -0.2) is 16.5 Å². The minimum Gasteiger partial charge on any atom is -0.369 e. The second-order valence-corrected chi connectivity index (χ2v) is 6.39. The molecule has 0 saturated carbocycles. The molecule has 1 aromatic heterocycles. The number of nitrogens with one attached hydrogen (secondary N) is 1. The second-order valence-electron chi connectivity index (χ2n) is 4.68. The number of anilines is 1. The molecule has 106 valence electrons. The van der Waals surface area contributed by atoms with Crippen LogP contribution in [0.15, 0.2) is 27.1 Å². The van der Waals surface area contributed by atoms with Gasteiger partial charge in [0.05, 0.1) is 10.2 Å². The van der Waals surface area contributed by atoms with Crippen molar-refractivity contribution >= 4 is 37.7 Å². The van der Waals surface area contributed by atoms with Crippen molar-refractivity contribution in [1.82, 2.24) is 9.97 Å². The van der Waals surface area contributed by atoms with Gasteiger partial charge >= 0.3 is 0 Å². The van der Waals surface area contributed by atoms with Gasteiger partial charge in [0.2, 0.25) is 0 Å². The number of aromatic nitrogens is 2. The van der Waals surface area contributed by atoms with E-state index in [-0.39, 0.29) is 0 Å². The van der Waals surface area contributed by atoms with Gasteiger partial charge in [-0.1, -0.05) is 22.9 Å². The normalized spacial score (nSPS) is 10.7. The summed E-state index contributed by atoms with van der Waals surface area (Å²) in [5.41, 5.74) is 3.15. The number of aryl methyl sites for hydroxylation is 2. The van der Waals surface area contributed by atoms with Crippen molar-refractivity contribution < 1.29 is 0 Å². The second kappa shape index (κ2) is 6.68. The van der Waals surface area contributed by atoms with Gasteiger partial charge in [0, 0.05) is 16.6 Å². The van der Waals surface area contributed by atoms with E-state index in [1.54, 1.807) is 0 Å². The smallest absolute Gasteiger partial charge is 0.162 e. The maximum atomic E-state index is 4.65. The van der Waals surface area contributed by atoms with Crippen LogP contribution < -0.4 is 5.32 Å². The molecule has 0 unspecified atom stereocenters. The fourth-order valence-corrected chi connectivity index (χ4v) is 2.71. The van der Waals surface area contributed by atoms with Gasteiger partial charge in [-0.15, -0.1) is 0 Å². The minimum absolute atomic E-state index is 0.759. The third-order valence-electron chi connectivity index (χ3n) is 2.99. The van der Waals surface area contributed by atoms with Gasteiger partial charge < -0.3 is 5.32 Å². The van der Waals surface area contributed by atoms with Crippen LogP contribution in [0.4, 0.5) is 5.82 Å². The van der Waals surface area contributed by atoms with Gasteiger partial charge in [0.15, 0.2) is 5.82 Å². The standard InChI is InChI=1S/C15H17Br2N3/c1-4-7-18-15-13(17)10(3)19-14(20-15)12-6-5-11(16)8-9(12)2/h5-6,8H,4,7H2,1-3H3,(H,18,19,20). The Kier molecular flexibility index (Phi) is 5.16. The van der Waals surface area contributed by atoms with Crippen molar-refractivity contribution in [3.63, 3.8) is 0 Å². The number of hydrogen-bond donors (Lipinski definition) is 1. The van der Waals surface area contributed by atoms with Crippen LogP contribution >= 0.6 is 31.9 Å². The first-order chi connectivity index (χ1) is 9.52. The first-order valence-electron chi connectivity index (χ1n) is 6.57. The van der Waals surface area contributed by atoms with Crippen LogP contribution in [0.3, 0.4) is 0 Å². The van der Waals surface area contributed by atoms with Gasteiger partial charge in [0.1, 0.15) is 5.82 Å². The topological polar surface area (TPSA) is 37.8 Å². The Hall–Kier alpha value is -0.940. The molecule has 0 aliphatic heterocycles. The molecular formula is C15H17Br2N3. The fourth-order valence-electron chi connectivity index (χ4n) is 1.92. The molecule has 0 saturated heterocycles. The number of benzene rings is 1. The molecule has 0 aliphatic rings. The van der Waals surface area contributed by atoms with E-state index in [2.05, 4.69) is 67.1 Å². The molecule has 0 amide bonds. The predicted molar refractivity (Wildman–Crippen MR) is 91.1 cm³/mol. The van der Waals surface area contributed by atoms with E-state index >= 15 is 0 Å². The molecular weight excluding hydrogens is 382 g/mol. The summed E-state index contributed by atoms with van der Waals surface area (Å²) in [6.45, 7) is 7.09. The number of rotatable bonds is 4. The summed E-state index contributed by atoms with van der Waals surface area (Å²) in [5, 5.41) is 3.34. The van der Waals surface area contributed by atoms with E-state index < -0.39 is 0 Å². The summed E-state index contributed by atoms with van der Waals surface area (Å²) in [6.07, 6.45) is 1.06. The van der Waals surface area contributed by atoms with Crippen molar-refractivity contribution in [2.45, 2.75) is 27.2 Å². The molecule has 0 aliphatic carbocycles. The zero-order chi connectivity index (χ0) is 14.7. The summed E-state index contributed by atoms with van der Waals surface area (Å²) in [6, 6.07) is 6.14. The third-order valence-corrected chi connectivity index (χ3v) is 4.43. The summed E-state index contributed by atoms with van der Waals surface area (Å²) in [4.78, 5) is 9.24. The zero-order valence-corrected chi connectivity index (χ0v) is 15.0. The lowest BCUT2D eigenvalue weighted by molar-refractivity contribution is 0.958. The molecule has 1 N–H and O–H groups in total. The Morgan fingerprint density at radius 1 is 1.15 bits per heavy atom. The highest BCUT2D eigenvalue weighted by atomic mass is 79.9. The highest BCUT2D eigenvalue weighted by Gasteiger charge is 2.12. The highest BCUT2D eigenvalue weighted by Crippen LogP contribution is 2.29. The Balaban J connectivity index is 2.48. The average molecular weight is 399 g/mol. The van der Waals surface area contributed by atoms with Gasteiger partial charge in [-0.25, -0.2) is 9.97 Å². The van der Waals surface area contributed by atoms with E-state index in [0.29, 0.717) is 0 Å². The third kappa shape index (κ3) is 3.38. The van der Waals surface area contributed by atoms with Crippen molar-refractivity contribution in [3.05, 3.63) is 38.4 Å². The van der Waals surface area contributed by atoms with Gasteiger partial charge in [-0.2, -0.15) is 0 Å². The van der Waals surface area contributed by atoms with Crippen molar-refractivity contribution in [1.29, 1.82) is 0 Å². The molecule has 5 heteroatoms. The fraction of sp³-hybridized carbons (Fsp3) is 0.333. The molecule has 1 aromatic carbocycles. The molecule has 0 atom stereocenters. The van der Waals surface area contributed by atoms with Gasteiger partial charge in [0.25, 0.3) is 0 Å². The van der Waals surface area contributed by atoms with E-state index in [0.717, 1.165) is 50.4 Å². The van der Waals surface area contributed by atoms with Crippen molar-refractivity contribution in [2.75, 3.05) is 11.9 Å². The Morgan fingerprint density at radius 3 is 2.55 bits per heavy atom. The van der Waals surface area contributed by atoms with Crippen LogP contribution in [0.1, 0.15) is 24.6 Å². The summed E-state index contributed by atoms with van der Waals surface area (Å²) >= 11 is 7.04. The number of hydrogen-bond acceptors (Lipinski definition) is 3. The Bertz CT molecular complexity index is 627. The predicted octanol–water partition coefficient (Wildman–Crippen LogP) is 5.11. The summed E-state index contributed by atoms with van der Waals surface area (Å²) in [7, 11) is 0.